The van der Waals surface area contributed by atoms with Crippen LogP contribution in [0.15, 0.2) is 28.8 Å². The molecule has 0 unspecified atom stereocenters. The first-order valence-electron chi connectivity index (χ1n) is 7.58. The van der Waals surface area contributed by atoms with Gasteiger partial charge in [-0.2, -0.15) is 0 Å². The van der Waals surface area contributed by atoms with Crippen LogP contribution in [0.25, 0.3) is 11.3 Å². The number of fused-ring (bicyclic) bond motifs is 2. The van der Waals surface area contributed by atoms with Crippen molar-refractivity contribution in [3.05, 3.63) is 40.3 Å². The third kappa shape index (κ3) is 2.84. The number of nitrogens with one attached hydrogen (secondary N) is 2. The summed E-state index contributed by atoms with van der Waals surface area (Å²) >= 11 is 12.0. The fourth-order valence-corrected chi connectivity index (χ4v) is 3.91. The number of aromatic nitrogens is 1. The van der Waals surface area contributed by atoms with Crippen LogP contribution >= 0.6 is 23.2 Å². The van der Waals surface area contributed by atoms with Gasteiger partial charge in [-0.25, -0.2) is 4.98 Å². The number of halogens is 2. The number of rotatable bonds is 3. The minimum atomic E-state index is -0.291. The Morgan fingerprint density at radius 1 is 1.35 bits per heavy atom. The maximum Gasteiger partial charge on any atom is 0.307 e. The zero-order valence-electron chi connectivity index (χ0n) is 12.2. The quantitative estimate of drug-likeness (QED) is 0.890. The number of nitrogens with zero attached hydrogens (tertiary/aromatic N) is 1. The molecule has 2 aliphatic heterocycles. The number of carbonyl (C=O) groups is 1. The number of amides is 1. The fraction of sp³-hybridized carbons (Fsp3) is 0.375. The first-order chi connectivity index (χ1) is 11.1. The molecule has 3 heterocycles. The Labute approximate surface area is 143 Å². The van der Waals surface area contributed by atoms with Crippen molar-refractivity contribution in [3.8, 4) is 11.3 Å². The fourth-order valence-electron chi connectivity index (χ4n) is 3.41. The zero-order valence-corrected chi connectivity index (χ0v) is 13.7. The lowest BCUT2D eigenvalue weighted by molar-refractivity contribution is 0.0896. The summed E-state index contributed by atoms with van der Waals surface area (Å²) in [6.45, 7) is 0. The molecule has 2 bridgehead atoms. The Hall–Kier alpha value is -1.56. The van der Waals surface area contributed by atoms with Crippen molar-refractivity contribution in [1.29, 1.82) is 0 Å². The molecule has 0 saturated carbocycles. The van der Waals surface area contributed by atoms with E-state index in [2.05, 4.69) is 15.6 Å². The van der Waals surface area contributed by atoms with Gasteiger partial charge in [0.05, 0.1) is 11.2 Å². The molecule has 0 aliphatic carbocycles. The Kier molecular flexibility index (Phi) is 3.79. The number of hydrogen-bond donors (Lipinski definition) is 2. The van der Waals surface area contributed by atoms with Crippen LogP contribution < -0.4 is 10.6 Å². The number of carbonyl (C=O) groups excluding carboxylic acids is 1. The SMILES string of the molecule is O=C(N[C@@H]1C[C@H]2CC[C@@H]1N2)c1ncc(-c2ccc(Cl)cc2Cl)o1. The van der Waals surface area contributed by atoms with Crippen molar-refractivity contribution < 1.29 is 9.21 Å². The molecule has 5 nitrogen and oxygen atoms in total. The van der Waals surface area contributed by atoms with E-state index in [4.69, 9.17) is 27.6 Å². The molecule has 1 aromatic carbocycles. The molecule has 120 valence electrons. The zero-order chi connectivity index (χ0) is 16.0. The molecular weight excluding hydrogens is 337 g/mol. The lowest BCUT2D eigenvalue weighted by Gasteiger charge is -2.20. The lowest BCUT2D eigenvalue weighted by Crippen LogP contribution is -2.43. The summed E-state index contributed by atoms with van der Waals surface area (Å²) in [5.74, 6) is 0.206. The van der Waals surface area contributed by atoms with E-state index in [-0.39, 0.29) is 17.8 Å². The minimum Gasteiger partial charge on any atom is -0.432 e. The number of oxazole rings is 1. The van der Waals surface area contributed by atoms with Crippen LogP contribution in [0.3, 0.4) is 0 Å². The van der Waals surface area contributed by atoms with E-state index in [9.17, 15) is 4.79 Å². The lowest BCUT2D eigenvalue weighted by atomic mass is 9.95. The Bertz CT molecular complexity index is 762. The van der Waals surface area contributed by atoms with E-state index in [0.717, 1.165) is 12.8 Å². The van der Waals surface area contributed by atoms with E-state index in [1.807, 2.05) is 0 Å². The summed E-state index contributed by atoms with van der Waals surface area (Å²) in [6, 6.07) is 6.12. The molecule has 2 N–H and O–H groups in total. The summed E-state index contributed by atoms with van der Waals surface area (Å²) in [5.41, 5.74) is 0.657. The third-order valence-electron chi connectivity index (χ3n) is 4.51. The minimum absolute atomic E-state index is 0.0498. The molecule has 1 amide bonds. The molecule has 4 rings (SSSR count). The van der Waals surface area contributed by atoms with Crippen LogP contribution in [0.2, 0.25) is 10.0 Å². The standard InChI is InChI=1S/C16H15Cl2N3O2/c17-8-1-3-10(11(18)5-8)14-7-19-16(23-14)15(22)21-13-6-9-2-4-12(13)20-9/h1,3,5,7,9,12-13,20H,2,4,6H2,(H,21,22)/t9-,12+,13-/m1/s1. The van der Waals surface area contributed by atoms with E-state index in [0.29, 0.717) is 33.5 Å². The molecule has 7 heteroatoms. The molecular formula is C16H15Cl2N3O2. The second kappa shape index (κ2) is 5.82. The summed E-state index contributed by atoms with van der Waals surface area (Å²) in [5, 5.41) is 7.48. The van der Waals surface area contributed by atoms with Crippen LogP contribution in [0.4, 0.5) is 0 Å². The average molecular weight is 352 g/mol. The van der Waals surface area contributed by atoms with Crippen molar-refractivity contribution in [2.75, 3.05) is 0 Å². The van der Waals surface area contributed by atoms with Gasteiger partial charge in [-0.3, -0.25) is 4.79 Å². The molecule has 2 saturated heterocycles. The van der Waals surface area contributed by atoms with Crippen molar-refractivity contribution in [2.24, 2.45) is 0 Å². The van der Waals surface area contributed by atoms with Gasteiger partial charge >= 0.3 is 5.91 Å². The van der Waals surface area contributed by atoms with Crippen molar-refractivity contribution in [2.45, 2.75) is 37.4 Å². The molecule has 2 aromatic rings. The normalized spacial score (nSPS) is 25.7. The second-order valence-corrected chi connectivity index (χ2v) is 6.86. The smallest absolute Gasteiger partial charge is 0.307 e. The van der Waals surface area contributed by atoms with E-state index in [1.165, 1.54) is 12.6 Å². The molecule has 1 aromatic heterocycles. The number of hydrogen-bond acceptors (Lipinski definition) is 4. The van der Waals surface area contributed by atoms with E-state index >= 15 is 0 Å². The van der Waals surface area contributed by atoms with Crippen LogP contribution in [-0.4, -0.2) is 29.0 Å². The highest BCUT2D eigenvalue weighted by atomic mass is 35.5. The van der Waals surface area contributed by atoms with Crippen molar-refractivity contribution >= 4 is 29.1 Å². The Morgan fingerprint density at radius 3 is 2.91 bits per heavy atom. The summed E-state index contributed by atoms with van der Waals surface area (Å²) in [7, 11) is 0. The monoisotopic (exact) mass is 351 g/mol. The molecule has 0 radical (unpaired) electrons. The Morgan fingerprint density at radius 2 is 2.22 bits per heavy atom. The van der Waals surface area contributed by atoms with Crippen molar-refractivity contribution in [3.63, 3.8) is 0 Å². The second-order valence-electron chi connectivity index (χ2n) is 6.02. The highest BCUT2D eigenvalue weighted by Gasteiger charge is 2.40. The van der Waals surface area contributed by atoms with Crippen LogP contribution in [-0.2, 0) is 0 Å². The molecule has 0 spiro atoms. The molecule has 3 atom stereocenters. The highest BCUT2D eigenvalue weighted by Crippen LogP contribution is 2.31. The first kappa shape index (κ1) is 15.0. The largest absolute Gasteiger partial charge is 0.432 e. The van der Waals surface area contributed by atoms with Gasteiger partial charge < -0.3 is 15.1 Å². The van der Waals surface area contributed by atoms with E-state index < -0.39 is 0 Å². The summed E-state index contributed by atoms with van der Waals surface area (Å²) < 4.78 is 5.57. The van der Waals surface area contributed by atoms with Gasteiger partial charge in [0.15, 0.2) is 5.76 Å². The predicted octanol–water partition coefficient (Wildman–Crippen LogP) is 3.27. The topological polar surface area (TPSA) is 67.2 Å². The van der Waals surface area contributed by atoms with Gasteiger partial charge in [0.2, 0.25) is 0 Å². The predicted molar refractivity (Wildman–Crippen MR) is 87.8 cm³/mol. The van der Waals surface area contributed by atoms with Crippen LogP contribution in [0.5, 0.6) is 0 Å². The van der Waals surface area contributed by atoms with Gasteiger partial charge in [-0.1, -0.05) is 23.2 Å². The van der Waals surface area contributed by atoms with Gasteiger partial charge in [0.1, 0.15) is 0 Å². The highest BCUT2D eigenvalue weighted by molar-refractivity contribution is 6.36. The maximum atomic E-state index is 12.3. The molecule has 2 aliphatic rings. The van der Waals surface area contributed by atoms with Gasteiger partial charge in [0, 0.05) is 28.7 Å². The van der Waals surface area contributed by atoms with Crippen LogP contribution in [0, 0.1) is 0 Å². The van der Waals surface area contributed by atoms with Gasteiger partial charge in [-0.15, -0.1) is 0 Å². The van der Waals surface area contributed by atoms with E-state index in [1.54, 1.807) is 18.2 Å². The van der Waals surface area contributed by atoms with Gasteiger partial charge in [0.25, 0.3) is 5.89 Å². The molecule has 23 heavy (non-hydrogen) atoms. The molecule has 2 fully saturated rings. The van der Waals surface area contributed by atoms with Crippen molar-refractivity contribution in [1.82, 2.24) is 15.6 Å². The third-order valence-corrected chi connectivity index (χ3v) is 5.06. The first-order valence-corrected chi connectivity index (χ1v) is 8.34. The Balaban J connectivity index is 1.50. The average Bonchev–Trinajstić information content (AvgIpc) is 3.23. The summed E-state index contributed by atoms with van der Waals surface area (Å²) in [4.78, 5) is 16.4. The number of benzene rings is 1. The van der Waals surface area contributed by atoms with Gasteiger partial charge in [-0.05, 0) is 37.5 Å². The van der Waals surface area contributed by atoms with Crippen LogP contribution in [0.1, 0.15) is 29.9 Å². The summed E-state index contributed by atoms with van der Waals surface area (Å²) in [6.07, 6.45) is 4.76. The maximum absolute atomic E-state index is 12.3.